The summed E-state index contributed by atoms with van der Waals surface area (Å²) in [6.07, 6.45) is 26.9. The molecule has 2 unspecified atom stereocenters. The van der Waals surface area contributed by atoms with Crippen LogP contribution in [-0.2, 0) is 54.0 Å². The lowest BCUT2D eigenvalue weighted by Gasteiger charge is -2.29. The number of epoxide rings is 2. The van der Waals surface area contributed by atoms with E-state index in [0.29, 0.717) is 64.6 Å². The zero-order chi connectivity index (χ0) is 49.4. The fourth-order valence-corrected chi connectivity index (χ4v) is 8.13. The number of benzene rings is 2. The Kier molecular flexibility index (Phi) is 26.1. The standard InChI is InChI=1S/C28H36N2O7.C28H40O5.H2/c31-27(24-19-36-24)34-15-6-3-1-2-5-9-21-17-29-26(30-18-21)22-10-12-23(13-11-22)33-14-7-4-8-16-35-28(32)25-20-37-25;1-3-27(29)32-21-8-5-7-11-23-12-14-24(15-13-23)25-16-18-26(19-17-25)31-20-9-6-10-22-33-28(30)4-2;/h10-13,17-18,24-25H,1-9,14-16,19-20H2;3-4,16-19,23-24H,1-2,5-15,20-22H2;1H. The lowest BCUT2D eigenvalue weighted by Crippen LogP contribution is -2.13. The molecular weight excluding hydrogens is 893 g/mol. The fraction of sp³-hybridized carbons (Fsp3) is 0.571. The number of aromatic nitrogens is 2. The van der Waals surface area contributed by atoms with Crippen molar-refractivity contribution in [3.05, 3.63) is 97.4 Å². The highest BCUT2D eigenvalue weighted by Gasteiger charge is 2.33. The number of carbonyl (C=O) groups excluding carboxylic acids is 4. The van der Waals surface area contributed by atoms with Crippen molar-refractivity contribution in [2.45, 2.75) is 147 Å². The van der Waals surface area contributed by atoms with Gasteiger partial charge in [-0.2, -0.15) is 0 Å². The first-order valence-electron chi connectivity index (χ1n) is 25.7. The minimum Gasteiger partial charge on any atom is -0.494 e. The number of carbonyl (C=O) groups is 4. The summed E-state index contributed by atoms with van der Waals surface area (Å²) in [5.74, 6) is 2.77. The van der Waals surface area contributed by atoms with Crippen LogP contribution in [0.15, 0.2) is 86.2 Å². The second kappa shape index (κ2) is 33.1. The van der Waals surface area contributed by atoms with Gasteiger partial charge in [0.25, 0.3) is 0 Å². The molecule has 6 rings (SSSR count). The maximum atomic E-state index is 11.4. The van der Waals surface area contributed by atoms with E-state index in [1.54, 1.807) is 0 Å². The van der Waals surface area contributed by atoms with Gasteiger partial charge in [0.15, 0.2) is 18.0 Å². The van der Waals surface area contributed by atoms with Crippen LogP contribution < -0.4 is 9.47 Å². The summed E-state index contributed by atoms with van der Waals surface area (Å²) >= 11 is 0. The van der Waals surface area contributed by atoms with Gasteiger partial charge in [0.1, 0.15) is 11.5 Å². The summed E-state index contributed by atoms with van der Waals surface area (Å²) in [7, 11) is 0. The molecule has 1 saturated carbocycles. The van der Waals surface area contributed by atoms with E-state index in [9.17, 15) is 19.2 Å². The molecule has 1 aromatic heterocycles. The second-order valence-electron chi connectivity index (χ2n) is 18.1. The van der Waals surface area contributed by atoms with Gasteiger partial charge >= 0.3 is 23.9 Å². The van der Waals surface area contributed by atoms with Crippen molar-refractivity contribution >= 4 is 23.9 Å². The smallest absolute Gasteiger partial charge is 0.337 e. The zero-order valence-electron chi connectivity index (χ0n) is 41.2. The monoisotopic (exact) mass is 971 g/mol. The molecule has 2 saturated heterocycles. The molecule has 14 nitrogen and oxygen atoms in total. The van der Waals surface area contributed by atoms with Crippen molar-refractivity contribution in [1.82, 2.24) is 9.97 Å². The van der Waals surface area contributed by atoms with Crippen LogP contribution in [0.4, 0.5) is 0 Å². The number of nitrogens with zero attached hydrogens (tertiary/aromatic N) is 2. The van der Waals surface area contributed by atoms with Crippen molar-refractivity contribution in [3.8, 4) is 22.9 Å². The predicted octanol–water partition coefficient (Wildman–Crippen LogP) is 10.8. The molecule has 0 spiro atoms. The first kappa shape index (κ1) is 55.3. The quantitative estimate of drug-likeness (QED) is 0.0182. The topological polar surface area (TPSA) is 175 Å². The van der Waals surface area contributed by atoms with E-state index < -0.39 is 0 Å². The van der Waals surface area contributed by atoms with Crippen molar-refractivity contribution < 1.29 is 58.5 Å². The highest BCUT2D eigenvalue weighted by molar-refractivity contribution is 5.81. The normalized spacial score (nSPS) is 17.7. The van der Waals surface area contributed by atoms with Crippen molar-refractivity contribution in [2.24, 2.45) is 5.92 Å². The molecular formula is C56H78N2O12. The van der Waals surface area contributed by atoms with Gasteiger partial charge in [-0.3, -0.25) is 0 Å². The third-order valence-corrected chi connectivity index (χ3v) is 12.5. The fourth-order valence-electron chi connectivity index (χ4n) is 8.13. The molecule has 14 heteroatoms. The number of aryl methyl sites for hydroxylation is 1. The van der Waals surface area contributed by atoms with E-state index in [1.807, 2.05) is 36.7 Å². The van der Waals surface area contributed by atoms with Crippen LogP contribution in [0.1, 0.15) is 140 Å². The minimum atomic E-state index is -0.361. The van der Waals surface area contributed by atoms with Gasteiger partial charge in [0.2, 0.25) is 0 Å². The maximum Gasteiger partial charge on any atom is 0.337 e. The van der Waals surface area contributed by atoms with E-state index in [2.05, 4.69) is 47.4 Å². The second-order valence-corrected chi connectivity index (χ2v) is 18.1. The Bertz CT molecular complexity index is 1980. The minimum absolute atomic E-state index is 0. The summed E-state index contributed by atoms with van der Waals surface area (Å²) in [4.78, 5) is 53.7. The largest absolute Gasteiger partial charge is 0.494 e. The van der Waals surface area contributed by atoms with E-state index in [4.69, 9.17) is 37.9 Å². The molecule has 0 bridgehead atoms. The van der Waals surface area contributed by atoms with Crippen molar-refractivity contribution in [1.29, 1.82) is 0 Å². The van der Waals surface area contributed by atoms with E-state index in [0.717, 1.165) is 118 Å². The Balaban J connectivity index is 0.000000307. The summed E-state index contributed by atoms with van der Waals surface area (Å²) in [5.41, 5.74) is 3.51. The van der Waals surface area contributed by atoms with Gasteiger partial charge in [-0.05, 0) is 149 Å². The lowest BCUT2D eigenvalue weighted by atomic mass is 9.77. The van der Waals surface area contributed by atoms with Gasteiger partial charge in [-0.1, -0.05) is 63.8 Å². The van der Waals surface area contributed by atoms with Crippen LogP contribution in [0.2, 0.25) is 0 Å². The Morgan fingerprint density at radius 1 is 0.543 bits per heavy atom. The highest BCUT2D eigenvalue weighted by atomic mass is 16.6. The van der Waals surface area contributed by atoms with E-state index >= 15 is 0 Å². The van der Waals surface area contributed by atoms with Gasteiger partial charge in [0.05, 0.1) is 52.9 Å². The summed E-state index contributed by atoms with van der Waals surface area (Å²) in [5, 5.41) is 0. The third kappa shape index (κ3) is 23.3. The maximum absolute atomic E-state index is 11.4. The van der Waals surface area contributed by atoms with Crippen LogP contribution >= 0.6 is 0 Å². The molecule has 3 aliphatic rings. The van der Waals surface area contributed by atoms with Gasteiger partial charge in [-0.25, -0.2) is 29.1 Å². The Morgan fingerprint density at radius 3 is 1.47 bits per heavy atom. The first-order chi connectivity index (χ1) is 34.3. The average Bonchev–Trinajstić information content (AvgIpc) is 4.34. The Morgan fingerprint density at radius 2 is 0.971 bits per heavy atom. The predicted molar refractivity (Wildman–Crippen MR) is 268 cm³/mol. The van der Waals surface area contributed by atoms with Crippen LogP contribution in [0, 0.1) is 5.92 Å². The van der Waals surface area contributed by atoms with Crippen molar-refractivity contribution in [2.75, 3.05) is 52.9 Å². The molecule has 3 heterocycles. The average molecular weight is 971 g/mol. The van der Waals surface area contributed by atoms with Gasteiger partial charge in [0, 0.05) is 31.5 Å². The number of unbranched alkanes of at least 4 members (excludes halogenated alkanes) is 10. The van der Waals surface area contributed by atoms with E-state index in [1.165, 1.54) is 56.2 Å². The van der Waals surface area contributed by atoms with Crippen LogP contribution in [0.25, 0.3) is 11.4 Å². The summed E-state index contributed by atoms with van der Waals surface area (Å²) < 4.78 is 41.7. The molecule has 1 aliphatic carbocycles. The van der Waals surface area contributed by atoms with Crippen LogP contribution in [0.3, 0.4) is 0 Å². The number of esters is 4. The SMILES string of the molecule is C=CC(=O)OCCCCCOc1ccc(C2CCC(CCCCCOC(=O)C=C)CC2)cc1.O=C(OCCCCCCCc1cnc(-c2ccc(OCCCCCOC(=O)C3CO3)cc2)nc1)C1CO1.[HH]. The summed E-state index contributed by atoms with van der Waals surface area (Å²) in [6, 6.07) is 16.4. The molecule has 0 N–H and O–H groups in total. The molecule has 3 fully saturated rings. The molecule has 2 aliphatic heterocycles. The molecule has 3 aromatic rings. The lowest BCUT2D eigenvalue weighted by molar-refractivity contribution is -0.146. The third-order valence-electron chi connectivity index (χ3n) is 12.5. The molecule has 70 heavy (non-hydrogen) atoms. The van der Waals surface area contributed by atoms with Gasteiger partial charge < -0.3 is 37.9 Å². The molecule has 0 amide bonds. The van der Waals surface area contributed by atoms with Crippen LogP contribution in [0.5, 0.6) is 11.5 Å². The molecule has 2 atom stereocenters. The van der Waals surface area contributed by atoms with Gasteiger partial charge in [-0.15, -0.1) is 0 Å². The number of hydrogen-bond acceptors (Lipinski definition) is 14. The number of ether oxygens (including phenoxy) is 8. The summed E-state index contributed by atoms with van der Waals surface area (Å²) in [6.45, 7) is 10.9. The highest BCUT2D eigenvalue weighted by Crippen LogP contribution is 2.38. The van der Waals surface area contributed by atoms with E-state index in [-0.39, 0.29) is 37.5 Å². The molecule has 2 aromatic carbocycles. The Labute approximate surface area is 416 Å². The molecule has 384 valence electrons. The Hall–Kier alpha value is -5.60. The zero-order valence-corrected chi connectivity index (χ0v) is 41.2. The number of hydrogen-bond donors (Lipinski definition) is 0. The molecule has 0 radical (unpaired) electrons. The van der Waals surface area contributed by atoms with Crippen molar-refractivity contribution in [3.63, 3.8) is 0 Å². The number of rotatable bonds is 34. The van der Waals surface area contributed by atoms with Crippen LogP contribution in [-0.4, -0.2) is 98.9 Å². The first-order valence-corrected chi connectivity index (χ1v) is 25.7.